The molecule has 1 aromatic heterocycles. The molecule has 2 heteroatoms. The number of hydrogen-bond acceptors (Lipinski definition) is 0. The van der Waals surface area contributed by atoms with Crippen molar-refractivity contribution in [1.29, 1.82) is 0 Å². The first-order chi connectivity index (χ1) is 13.0. The summed E-state index contributed by atoms with van der Waals surface area (Å²) in [5.41, 5.74) is 6.64. The van der Waals surface area contributed by atoms with Crippen molar-refractivity contribution in [3.05, 3.63) is 69.9 Å². The van der Waals surface area contributed by atoms with E-state index in [1.807, 2.05) is 0 Å². The number of halogens is 1. The van der Waals surface area contributed by atoms with E-state index in [4.69, 9.17) is 0 Å². The summed E-state index contributed by atoms with van der Waals surface area (Å²) in [6.45, 7) is 13.1. The first-order valence-corrected chi connectivity index (χ1v) is 11.2. The SMILES string of the molecule is C=C(/C=C\C(=C/CCC)[C@H](C)c1[nH]c2ccc(Br)cc2c1CCCC)CC. The Kier molecular flexibility index (Phi) is 8.63. The third kappa shape index (κ3) is 5.72. The van der Waals surface area contributed by atoms with E-state index in [-0.39, 0.29) is 0 Å². The highest BCUT2D eigenvalue weighted by atomic mass is 79.9. The van der Waals surface area contributed by atoms with Crippen molar-refractivity contribution in [2.24, 2.45) is 0 Å². The van der Waals surface area contributed by atoms with E-state index >= 15 is 0 Å². The van der Waals surface area contributed by atoms with Crippen LogP contribution in [0.1, 0.15) is 77.0 Å². The topological polar surface area (TPSA) is 15.8 Å². The normalized spacial score (nSPS) is 13.6. The van der Waals surface area contributed by atoms with Crippen LogP contribution in [0.3, 0.4) is 0 Å². The summed E-state index contributed by atoms with van der Waals surface area (Å²) < 4.78 is 1.15. The smallest absolute Gasteiger partial charge is 0.0459 e. The van der Waals surface area contributed by atoms with Crippen molar-refractivity contribution in [1.82, 2.24) is 4.98 Å². The molecule has 0 fully saturated rings. The number of hydrogen-bond donors (Lipinski definition) is 1. The van der Waals surface area contributed by atoms with Crippen LogP contribution in [0.25, 0.3) is 10.9 Å². The summed E-state index contributed by atoms with van der Waals surface area (Å²) in [4.78, 5) is 3.74. The minimum atomic E-state index is 0.343. The summed E-state index contributed by atoms with van der Waals surface area (Å²) >= 11 is 3.65. The highest BCUT2D eigenvalue weighted by Crippen LogP contribution is 2.35. The quantitative estimate of drug-likeness (QED) is 0.365. The molecule has 146 valence electrons. The van der Waals surface area contributed by atoms with Gasteiger partial charge < -0.3 is 4.98 Å². The van der Waals surface area contributed by atoms with Crippen molar-refractivity contribution in [2.45, 2.75) is 72.1 Å². The zero-order chi connectivity index (χ0) is 19.8. The zero-order valence-corrected chi connectivity index (χ0v) is 19.0. The van der Waals surface area contributed by atoms with E-state index in [0.717, 1.165) is 23.7 Å². The first kappa shape index (κ1) is 21.8. The Morgan fingerprint density at radius 1 is 1.19 bits per heavy atom. The number of fused-ring (bicyclic) bond motifs is 1. The average Bonchev–Trinajstić information content (AvgIpc) is 3.03. The molecule has 0 saturated carbocycles. The van der Waals surface area contributed by atoms with Gasteiger partial charge in [-0.1, -0.05) is 86.8 Å². The number of unbranched alkanes of at least 4 members (excludes halogenated alkanes) is 2. The Labute approximate surface area is 173 Å². The molecule has 1 N–H and O–H groups in total. The zero-order valence-electron chi connectivity index (χ0n) is 17.4. The van der Waals surface area contributed by atoms with Crippen LogP contribution in [0, 0.1) is 0 Å². The third-order valence-electron chi connectivity index (χ3n) is 5.25. The number of rotatable bonds is 10. The monoisotopic (exact) mass is 427 g/mol. The number of H-pyrrole nitrogens is 1. The van der Waals surface area contributed by atoms with Gasteiger partial charge in [-0.2, -0.15) is 0 Å². The third-order valence-corrected chi connectivity index (χ3v) is 5.74. The van der Waals surface area contributed by atoms with Crippen molar-refractivity contribution in [3.8, 4) is 0 Å². The molecular formula is C25H34BrN. The van der Waals surface area contributed by atoms with E-state index in [1.165, 1.54) is 52.6 Å². The number of nitrogens with one attached hydrogen (secondary N) is 1. The van der Waals surface area contributed by atoms with Crippen molar-refractivity contribution >= 4 is 26.8 Å². The van der Waals surface area contributed by atoms with Gasteiger partial charge in [-0.15, -0.1) is 0 Å². The molecule has 0 aliphatic rings. The van der Waals surface area contributed by atoms with Crippen LogP contribution in [0.15, 0.2) is 58.6 Å². The largest absolute Gasteiger partial charge is 0.358 e. The van der Waals surface area contributed by atoms with E-state index in [1.54, 1.807) is 0 Å². The Balaban J connectivity index is 2.49. The lowest BCUT2D eigenvalue weighted by atomic mass is 9.90. The van der Waals surface area contributed by atoms with Crippen LogP contribution < -0.4 is 0 Å². The lowest BCUT2D eigenvalue weighted by molar-refractivity contribution is 0.773. The molecule has 2 rings (SSSR count). The molecule has 1 heterocycles. The second-order valence-corrected chi connectivity index (χ2v) is 8.29. The van der Waals surface area contributed by atoms with Crippen LogP contribution in [0.2, 0.25) is 0 Å². The summed E-state index contributed by atoms with van der Waals surface area (Å²) in [7, 11) is 0. The molecule has 1 aromatic carbocycles. The molecule has 0 amide bonds. The molecule has 27 heavy (non-hydrogen) atoms. The summed E-state index contributed by atoms with van der Waals surface area (Å²) in [6, 6.07) is 6.57. The summed E-state index contributed by atoms with van der Waals surface area (Å²) in [6.07, 6.45) is 13.7. The highest BCUT2D eigenvalue weighted by Gasteiger charge is 2.18. The van der Waals surface area contributed by atoms with Crippen LogP contribution in [-0.4, -0.2) is 4.98 Å². The lowest BCUT2D eigenvalue weighted by Gasteiger charge is -2.15. The van der Waals surface area contributed by atoms with Gasteiger partial charge in [0.1, 0.15) is 0 Å². The minimum Gasteiger partial charge on any atom is -0.358 e. The fraction of sp³-hybridized carbons (Fsp3) is 0.440. The standard InChI is InChI=1S/C25H34BrN/c1-6-9-11-20(14-13-18(4)8-3)19(5)25-22(12-10-7-2)23-17-21(26)15-16-24(23)27-25/h11,13-17,19,27H,4,6-10,12H2,1-3,5H3/b14-13-,20-11+/t19-/m0/s1. The number of aryl methyl sites for hydroxylation is 1. The summed E-state index contributed by atoms with van der Waals surface area (Å²) in [5, 5.41) is 1.36. The Bertz CT molecular complexity index is 822. The van der Waals surface area contributed by atoms with Crippen LogP contribution >= 0.6 is 15.9 Å². The van der Waals surface area contributed by atoms with Crippen LogP contribution in [0.4, 0.5) is 0 Å². The Morgan fingerprint density at radius 3 is 2.63 bits per heavy atom. The molecule has 0 bridgehead atoms. The van der Waals surface area contributed by atoms with Gasteiger partial charge in [0.05, 0.1) is 0 Å². The van der Waals surface area contributed by atoms with Crippen molar-refractivity contribution in [3.63, 3.8) is 0 Å². The van der Waals surface area contributed by atoms with Gasteiger partial charge in [0, 0.05) is 27.0 Å². The molecule has 1 nitrogen and oxygen atoms in total. The second kappa shape index (κ2) is 10.7. The van der Waals surface area contributed by atoms with Gasteiger partial charge in [-0.3, -0.25) is 0 Å². The van der Waals surface area contributed by atoms with Crippen LogP contribution in [0.5, 0.6) is 0 Å². The molecule has 0 radical (unpaired) electrons. The maximum Gasteiger partial charge on any atom is 0.0459 e. The number of aromatic amines is 1. The fourth-order valence-electron chi connectivity index (χ4n) is 3.43. The van der Waals surface area contributed by atoms with Gasteiger partial charge in [0.2, 0.25) is 0 Å². The molecule has 0 aliphatic carbocycles. The van der Waals surface area contributed by atoms with Crippen molar-refractivity contribution < 1.29 is 0 Å². The maximum atomic E-state index is 4.13. The Hall–Kier alpha value is -1.54. The van der Waals surface area contributed by atoms with E-state index in [2.05, 4.69) is 91.6 Å². The van der Waals surface area contributed by atoms with Crippen LogP contribution in [-0.2, 0) is 6.42 Å². The average molecular weight is 428 g/mol. The molecule has 0 unspecified atom stereocenters. The fourth-order valence-corrected chi connectivity index (χ4v) is 3.79. The number of benzene rings is 1. The lowest BCUT2D eigenvalue weighted by Crippen LogP contribution is -2.01. The molecule has 0 saturated heterocycles. The molecule has 0 aliphatic heterocycles. The number of allylic oxidation sites excluding steroid dienone is 5. The predicted octanol–water partition coefficient (Wildman–Crippen LogP) is 8.63. The second-order valence-electron chi connectivity index (χ2n) is 7.37. The van der Waals surface area contributed by atoms with E-state index in [0.29, 0.717) is 5.92 Å². The molecule has 0 spiro atoms. The molecule has 1 atom stereocenters. The first-order valence-electron chi connectivity index (χ1n) is 10.4. The summed E-state index contributed by atoms with van der Waals surface area (Å²) in [5.74, 6) is 0.343. The van der Waals surface area contributed by atoms with Gasteiger partial charge in [0.15, 0.2) is 0 Å². The van der Waals surface area contributed by atoms with Gasteiger partial charge in [0.25, 0.3) is 0 Å². The van der Waals surface area contributed by atoms with E-state index in [9.17, 15) is 0 Å². The highest BCUT2D eigenvalue weighted by molar-refractivity contribution is 9.10. The molecular weight excluding hydrogens is 394 g/mol. The van der Waals surface area contributed by atoms with Gasteiger partial charge >= 0.3 is 0 Å². The predicted molar refractivity (Wildman–Crippen MR) is 125 cm³/mol. The molecule has 2 aromatic rings. The van der Waals surface area contributed by atoms with Gasteiger partial charge in [-0.05, 0) is 55.0 Å². The minimum absolute atomic E-state index is 0.343. The van der Waals surface area contributed by atoms with E-state index < -0.39 is 0 Å². The Morgan fingerprint density at radius 2 is 1.96 bits per heavy atom. The number of aromatic nitrogens is 1. The van der Waals surface area contributed by atoms with Crippen molar-refractivity contribution in [2.75, 3.05) is 0 Å². The van der Waals surface area contributed by atoms with Gasteiger partial charge in [-0.25, -0.2) is 0 Å². The maximum absolute atomic E-state index is 4.13.